The Balaban J connectivity index is 2.43. The Morgan fingerprint density at radius 3 is 2.62 bits per heavy atom. The predicted octanol–water partition coefficient (Wildman–Crippen LogP) is 3.98. The number of aryl methyl sites for hydroxylation is 2. The van der Waals surface area contributed by atoms with Gasteiger partial charge in [0.15, 0.2) is 5.84 Å². The van der Waals surface area contributed by atoms with Crippen molar-refractivity contribution in [3.8, 4) is 11.6 Å². The van der Waals surface area contributed by atoms with Crippen molar-refractivity contribution in [3.63, 3.8) is 0 Å². The number of pyridine rings is 1. The first-order valence-electron chi connectivity index (χ1n) is 8.66. The van der Waals surface area contributed by atoms with Crippen molar-refractivity contribution in [1.82, 2.24) is 9.88 Å². The Kier molecular flexibility index (Phi) is 6.97. The maximum atomic E-state index is 9.72. The number of benzene rings is 1. The third kappa shape index (κ3) is 4.95. The number of hydrogen-bond acceptors (Lipinski definition) is 5. The largest absolute Gasteiger partial charge is 0.438 e. The summed E-state index contributed by atoms with van der Waals surface area (Å²) in [7, 11) is 1.65. The van der Waals surface area contributed by atoms with Gasteiger partial charge in [0.25, 0.3) is 0 Å². The maximum Gasteiger partial charge on any atom is 0.230 e. The normalized spacial score (nSPS) is 11.7. The van der Waals surface area contributed by atoms with Crippen LogP contribution in [0.3, 0.4) is 0 Å². The molecule has 1 N–H and O–H groups in total. The van der Waals surface area contributed by atoms with Crippen molar-refractivity contribution in [1.29, 1.82) is 0 Å². The van der Waals surface area contributed by atoms with Crippen LogP contribution in [0.2, 0.25) is 0 Å². The zero-order valence-corrected chi connectivity index (χ0v) is 16.1. The number of amidine groups is 1. The Hall–Kier alpha value is -2.60. The lowest BCUT2D eigenvalue weighted by molar-refractivity contribution is 0.164. The maximum absolute atomic E-state index is 9.72. The molecule has 0 fully saturated rings. The fraction of sp³-hybridized carbons (Fsp3) is 0.400. The molecule has 0 aliphatic carbocycles. The number of nitrogens with zero attached hydrogens (tertiary/aromatic N) is 3. The molecule has 1 heterocycles. The molecule has 0 amide bonds. The lowest BCUT2D eigenvalue weighted by atomic mass is 10.1. The van der Waals surface area contributed by atoms with Crippen LogP contribution < -0.4 is 4.74 Å². The zero-order chi connectivity index (χ0) is 19.1. The van der Waals surface area contributed by atoms with E-state index in [1.807, 2.05) is 69.0 Å². The first-order valence-corrected chi connectivity index (χ1v) is 8.66. The van der Waals surface area contributed by atoms with E-state index in [9.17, 15) is 5.21 Å². The summed E-state index contributed by atoms with van der Waals surface area (Å²) in [6, 6.07) is 11.6. The molecule has 2 aromatic rings. The van der Waals surface area contributed by atoms with Crippen molar-refractivity contribution in [2.24, 2.45) is 5.16 Å². The van der Waals surface area contributed by atoms with E-state index in [0.717, 1.165) is 11.3 Å². The first-order chi connectivity index (χ1) is 12.5. The summed E-state index contributed by atoms with van der Waals surface area (Å²) in [5.41, 5.74) is 2.54. The van der Waals surface area contributed by atoms with Crippen LogP contribution >= 0.6 is 0 Å². The average Bonchev–Trinajstić information content (AvgIpc) is 2.59. The lowest BCUT2D eigenvalue weighted by Gasteiger charge is -2.29. The Labute approximate surface area is 155 Å². The van der Waals surface area contributed by atoms with Gasteiger partial charge in [-0.15, -0.1) is 0 Å². The van der Waals surface area contributed by atoms with Crippen LogP contribution in [0.1, 0.15) is 30.7 Å². The molecule has 0 aliphatic rings. The first kappa shape index (κ1) is 19.7. The molecule has 0 saturated heterocycles. The van der Waals surface area contributed by atoms with Gasteiger partial charge in [-0.1, -0.05) is 17.3 Å². The molecule has 26 heavy (non-hydrogen) atoms. The van der Waals surface area contributed by atoms with Gasteiger partial charge in [0.05, 0.1) is 12.2 Å². The van der Waals surface area contributed by atoms with Gasteiger partial charge in [0.1, 0.15) is 5.75 Å². The molecule has 0 atom stereocenters. The molecule has 140 valence electrons. The summed E-state index contributed by atoms with van der Waals surface area (Å²) in [5.74, 6) is 1.51. The van der Waals surface area contributed by atoms with Crippen LogP contribution in [0.25, 0.3) is 0 Å². The highest BCUT2D eigenvalue weighted by Gasteiger charge is 2.22. The van der Waals surface area contributed by atoms with Crippen molar-refractivity contribution in [3.05, 3.63) is 53.2 Å². The van der Waals surface area contributed by atoms with Crippen LogP contribution in [-0.2, 0) is 4.74 Å². The van der Waals surface area contributed by atoms with Gasteiger partial charge >= 0.3 is 0 Å². The molecule has 0 radical (unpaired) electrons. The van der Waals surface area contributed by atoms with E-state index in [1.54, 1.807) is 7.11 Å². The zero-order valence-electron chi connectivity index (χ0n) is 16.1. The Morgan fingerprint density at radius 1 is 1.23 bits per heavy atom. The molecular formula is C20H27N3O3. The molecule has 0 aliphatic heterocycles. The number of oxime groups is 1. The van der Waals surface area contributed by atoms with Crippen LogP contribution in [0, 0.1) is 13.8 Å². The van der Waals surface area contributed by atoms with E-state index >= 15 is 0 Å². The van der Waals surface area contributed by atoms with Crippen LogP contribution in [-0.4, -0.2) is 47.2 Å². The van der Waals surface area contributed by atoms with Crippen molar-refractivity contribution in [2.75, 3.05) is 20.3 Å². The van der Waals surface area contributed by atoms with Gasteiger partial charge in [-0.25, -0.2) is 4.98 Å². The minimum atomic E-state index is 0.115. The van der Waals surface area contributed by atoms with E-state index in [2.05, 4.69) is 10.1 Å². The summed E-state index contributed by atoms with van der Waals surface area (Å²) in [4.78, 5) is 6.47. The highest BCUT2D eigenvalue weighted by atomic mass is 16.5. The van der Waals surface area contributed by atoms with Gasteiger partial charge in [-0.05, 0) is 57.5 Å². The molecule has 0 saturated carbocycles. The third-order valence-corrected chi connectivity index (χ3v) is 3.97. The minimum absolute atomic E-state index is 0.115. The monoisotopic (exact) mass is 357 g/mol. The van der Waals surface area contributed by atoms with Crippen LogP contribution in [0.15, 0.2) is 41.6 Å². The van der Waals surface area contributed by atoms with Gasteiger partial charge < -0.3 is 19.6 Å². The lowest BCUT2D eigenvalue weighted by Crippen LogP contribution is -2.40. The summed E-state index contributed by atoms with van der Waals surface area (Å²) in [6.45, 7) is 9.07. The third-order valence-electron chi connectivity index (χ3n) is 3.97. The molecule has 1 aromatic heterocycles. The van der Waals surface area contributed by atoms with Crippen molar-refractivity contribution >= 4 is 5.84 Å². The topological polar surface area (TPSA) is 67.2 Å². The summed E-state index contributed by atoms with van der Waals surface area (Å²) < 4.78 is 11.2. The molecular weight excluding hydrogens is 330 g/mol. The molecule has 6 nitrogen and oxygen atoms in total. The highest BCUT2D eigenvalue weighted by Crippen LogP contribution is 2.26. The Morgan fingerprint density at radius 2 is 2.00 bits per heavy atom. The predicted molar refractivity (Wildman–Crippen MR) is 102 cm³/mol. The average molecular weight is 357 g/mol. The molecule has 0 unspecified atom stereocenters. The highest BCUT2D eigenvalue weighted by molar-refractivity contribution is 6.00. The fourth-order valence-electron chi connectivity index (χ4n) is 2.64. The molecule has 1 aromatic carbocycles. The van der Waals surface area contributed by atoms with Crippen molar-refractivity contribution < 1.29 is 14.7 Å². The minimum Gasteiger partial charge on any atom is -0.438 e. The smallest absolute Gasteiger partial charge is 0.230 e. The number of rotatable bonds is 7. The Bertz CT molecular complexity index is 760. The van der Waals surface area contributed by atoms with Gasteiger partial charge in [-0.2, -0.15) is 0 Å². The van der Waals surface area contributed by atoms with Gasteiger partial charge in [0, 0.05) is 25.4 Å². The second-order valence-electron chi connectivity index (χ2n) is 6.43. The second kappa shape index (κ2) is 9.20. The van der Waals surface area contributed by atoms with E-state index in [1.165, 1.54) is 0 Å². The van der Waals surface area contributed by atoms with E-state index < -0.39 is 0 Å². The summed E-state index contributed by atoms with van der Waals surface area (Å²) in [6.07, 6.45) is 0. The summed E-state index contributed by atoms with van der Waals surface area (Å²) in [5, 5.41) is 13.3. The van der Waals surface area contributed by atoms with E-state index in [-0.39, 0.29) is 6.04 Å². The number of aromatic nitrogens is 1. The number of hydrogen-bond donors (Lipinski definition) is 1. The van der Waals surface area contributed by atoms with Gasteiger partial charge in [0.2, 0.25) is 5.88 Å². The standard InChI is InChI=1S/C20H27N3O3/c1-14(2)23(11-12-25-5)19(22-24)18-10-9-16(4)21-20(18)26-17-8-6-7-15(3)13-17/h6-10,13-14,24H,11-12H2,1-5H3/b22-19-. The number of methoxy groups -OCH3 is 1. The molecule has 2 rings (SSSR count). The molecule has 6 heteroatoms. The molecule has 0 bridgehead atoms. The number of ether oxygens (including phenoxy) is 2. The van der Waals surface area contributed by atoms with Crippen LogP contribution in [0.4, 0.5) is 0 Å². The SMILES string of the molecule is COCCN(/C(=N\O)c1ccc(C)nc1Oc1cccc(C)c1)C(C)C. The fourth-order valence-corrected chi connectivity index (χ4v) is 2.64. The van der Waals surface area contributed by atoms with Gasteiger partial charge in [-0.3, -0.25) is 0 Å². The van der Waals surface area contributed by atoms with Crippen molar-refractivity contribution in [2.45, 2.75) is 33.7 Å². The van der Waals surface area contributed by atoms with E-state index in [0.29, 0.717) is 36.2 Å². The molecule has 0 spiro atoms. The van der Waals surface area contributed by atoms with Crippen LogP contribution in [0.5, 0.6) is 11.6 Å². The summed E-state index contributed by atoms with van der Waals surface area (Å²) >= 11 is 0. The second-order valence-corrected chi connectivity index (χ2v) is 6.43. The quantitative estimate of drug-likeness (QED) is 0.351. The van der Waals surface area contributed by atoms with E-state index in [4.69, 9.17) is 9.47 Å².